The summed E-state index contributed by atoms with van der Waals surface area (Å²) in [4.78, 5) is 0. The molecule has 0 bridgehead atoms. The van der Waals surface area contributed by atoms with E-state index in [9.17, 15) is 0 Å². The third-order valence-electron chi connectivity index (χ3n) is 5.75. The first-order valence-electron chi connectivity index (χ1n) is 12.1. The maximum atomic E-state index is 2.34. The average Bonchev–Trinajstić information content (AvgIpc) is 3.36. The maximum absolute atomic E-state index is 2.34. The molecule has 0 fully saturated rings. The fourth-order valence-corrected chi connectivity index (χ4v) is 4.06. The van der Waals surface area contributed by atoms with Gasteiger partial charge in [0.15, 0.2) is 0 Å². The minimum atomic E-state index is 0. The van der Waals surface area contributed by atoms with E-state index in [0.29, 0.717) is 11.8 Å². The van der Waals surface area contributed by atoms with Gasteiger partial charge < -0.3 is 24.8 Å². The number of aryl methyl sites for hydroxylation is 2. The molecule has 0 aromatic heterocycles. The van der Waals surface area contributed by atoms with Crippen molar-refractivity contribution in [3.63, 3.8) is 0 Å². The van der Waals surface area contributed by atoms with Crippen LogP contribution in [0.1, 0.15) is 75.6 Å². The molecule has 4 aromatic rings. The second kappa shape index (κ2) is 16.0. The van der Waals surface area contributed by atoms with E-state index < -0.39 is 0 Å². The topological polar surface area (TPSA) is 0 Å². The monoisotopic (exact) mass is 546 g/mol. The molecule has 0 aliphatic heterocycles. The van der Waals surface area contributed by atoms with Gasteiger partial charge in [0.05, 0.1) is 0 Å². The SMILES string of the molecule is CCc1cc2c(C(C)C)cccc2[cH-]1.CCc1cc2c(C(C)C)cccc2[cH-]1.C[Si](C)=[Ti+2].[Cl-].[Cl-]. The zero-order valence-corrected chi connectivity index (χ0v) is 26.2. The van der Waals surface area contributed by atoms with E-state index in [0.717, 1.165) is 12.8 Å². The number of rotatable bonds is 4. The third kappa shape index (κ3) is 9.32. The van der Waals surface area contributed by atoms with E-state index in [2.05, 4.69) is 134 Å². The molecule has 184 valence electrons. The van der Waals surface area contributed by atoms with E-state index in [1.54, 1.807) is 0 Å². The second-order valence-electron chi connectivity index (χ2n) is 9.44. The van der Waals surface area contributed by atoms with Crippen LogP contribution >= 0.6 is 0 Å². The molecule has 0 aliphatic rings. The Morgan fingerprint density at radius 1 is 0.706 bits per heavy atom. The van der Waals surface area contributed by atoms with Gasteiger partial charge in [0, 0.05) is 0 Å². The quantitative estimate of drug-likeness (QED) is 0.272. The fourth-order valence-electron chi connectivity index (χ4n) is 4.06. The van der Waals surface area contributed by atoms with Gasteiger partial charge >= 0.3 is 38.5 Å². The first-order valence-corrected chi connectivity index (χ1v) is 16.9. The van der Waals surface area contributed by atoms with Crippen molar-refractivity contribution < 1.29 is 44.0 Å². The van der Waals surface area contributed by atoms with E-state index in [-0.39, 0.29) is 31.0 Å². The zero-order valence-electron chi connectivity index (χ0n) is 22.1. The van der Waals surface area contributed by atoms with Crippen LogP contribution in [0.4, 0.5) is 0 Å². The summed E-state index contributed by atoms with van der Waals surface area (Å²) in [5, 5.41) is 5.68. The molecular formula is C30H40Cl2SiTi-2. The average molecular weight is 548 g/mol. The number of halogens is 2. The Morgan fingerprint density at radius 2 is 1.03 bits per heavy atom. The summed E-state index contributed by atoms with van der Waals surface area (Å²) in [6, 6.07) is 22.5. The summed E-state index contributed by atoms with van der Waals surface area (Å²) in [7, 11) is 0. The van der Waals surface area contributed by atoms with Gasteiger partial charge in [0.25, 0.3) is 0 Å². The Kier molecular flexibility index (Phi) is 15.6. The van der Waals surface area contributed by atoms with Crippen molar-refractivity contribution in [1.29, 1.82) is 0 Å². The van der Waals surface area contributed by atoms with Gasteiger partial charge in [-0.1, -0.05) is 64.8 Å². The van der Waals surface area contributed by atoms with Crippen LogP contribution in [0.5, 0.6) is 0 Å². The summed E-state index contributed by atoms with van der Waals surface area (Å²) in [5.41, 5.74) is 5.85. The fraction of sp³-hybridized carbons (Fsp3) is 0.400. The van der Waals surface area contributed by atoms with Crippen LogP contribution < -0.4 is 24.8 Å². The molecule has 0 spiro atoms. The largest absolute Gasteiger partial charge is 1.00 e. The normalized spacial score (nSPS) is 10.2. The third-order valence-corrected chi connectivity index (χ3v) is 5.75. The summed E-state index contributed by atoms with van der Waals surface area (Å²) < 4.78 is 0. The molecule has 0 aliphatic carbocycles. The first kappa shape index (κ1) is 33.2. The standard InChI is InChI=1S/2C14H17.C2H6Si.2ClH.Ti/c2*1-4-11-8-12-6-5-7-13(10(2)3)14(12)9-11;1-3-2;;;/h2*5-10H,4H2,1-3H3;1-2H3;2*1H;/q2*-1;;;;+2/p-2. The van der Waals surface area contributed by atoms with Crippen molar-refractivity contribution in [1.82, 2.24) is 0 Å². The van der Waals surface area contributed by atoms with Gasteiger partial charge in [0.2, 0.25) is 0 Å². The van der Waals surface area contributed by atoms with E-state index in [1.165, 1.54) is 43.8 Å². The van der Waals surface area contributed by atoms with Crippen LogP contribution in [-0.2, 0) is 32.0 Å². The minimum Gasteiger partial charge on any atom is -1.00 e. The van der Waals surface area contributed by atoms with E-state index in [1.807, 2.05) is 0 Å². The Bertz CT molecular complexity index is 1060. The minimum absolute atomic E-state index is 0. The number of hydrogen-bond acceptors (Lipinski definition) is 0. The van der Waals surface area contributed by atoms with Crippen molar-refractivity contribution in [2.45, 2.75) is 79.3 Å². The molecule has 0 nitrogen and oxygen atoms in total. The van der Waals surface area contributed by atoms with Crippen LogP contribution in [0.25, 0.3) is 21.5 Å². The summed E-state index contributed by atoms with van der Waals surface area (Å²) >= 11 is 2.27. The van der Waals surface area contributed by atoms with Gasteiger partial charge in [-0.2, -0.15) is 12.1 Å². The molecule has 0 heterocycles. The number of hydrogen-bond donors (Lipinski definition) is 0. The molecule has 0 saturated carbocycles. The summed E-state index contributed by atoms with van der Waals surface area (Å²) in [6.45, 7) is 18.0. The van der Waals surface area contributed by atoms with Crippen molar-refractivity contribution in [3.05, 3.63) is 82.9 Å². The molecule has 0 amide bonds. The van der Waals surface area contributed by atoms with Gasteiger partial charge in [0.1, 0.15) is 0 Å². The summed E-state index contributed by atoms with van der Waals surface area (Å²) in [5.74, 6) is 1.23. The van der Waals surface area contributed by atoms with Gasteiger partial charge in [-0.05, 0) is 24.7 Å². The van der Waals surface area contributed by atoms with Gasteiger partial charge in [-0.25, -0.2) is 0 Å². The second-order valence-corrected chi connectivity index (χ2v) is 16.1. The van der Waals surface area contributed by atoms with E-state index in [4.69, 9.17) is 0 Å². The molecule has 0 N–H and O–H groups in total. The maximum Gasteiger partial charge on any atom is -1.00 e. The first-order chi connectivity index (χ1) is 15.2. The molecule has 0 atom stereocenters. The van der Waals surface area contributed by atoms with Crippen molar-refractivity contribution in [2.75, 3.05) is 0 Å². The molecule has 34 heavy (non-hydrogen) atoms. The van der Waals surface area contributed by atoms with Crippen molar-refractivity contribution >= 4 is 27.7 Å². The smallest absolute Gasteiger partial charge is 1.00 e. The van der Waals surface area contributed by atoms with Crippen LogP contribution in [0.3, 0.4) is 0 Å². The number of benzene rings is 2. The molecule has 4 heteroatoms. The summed E-state index contributed by atoms with van der Waals surface area (Å²) in [6.07, 6.45) is 2.38. The van der Waals surface area contributed by atoms with Gasteiger partial charge in [-0.3, -0.25) is 0 Å². The van der Waals surface area contributed by atoms with Crippen molar-refractivity contribution in [3.8, 4) is 0 Å². The Morgan fingerprint density at radius 3 is 1.29 bits per heavy atom. The zero-order chi connectivity index (χ0) is 23.8. The van der Waals surface area contributed by atoms with Gasteiger partial charge in [-0.15, -0.1) is 69.1 Å². The molecule has 4 rings (SSSR count). The Labute approximate surface area is 232 Å². The molecule has 0 saturated heterocycles. The predicted molar refractivity (Wildman–Crippen MR) is 143 cm³/mol. The molecular weight excluding hydrogens is 507 g/mol. The number of fused-ring (bicyclic) bond motifs is 2. The van der Waals surface area contributed by atoms with Crippen LogP contribution in [-0.4, -0.2) is 6.19 Å². The molecule has 0 radical (unpaired) electrons. The predicted octanol–water partition coefficient (Wildman–Crippen LogP) is 3.28. The molecule has 4 aromatic carbocycles. The van der Waals surface area contributed by atoms with E-state index >= 15 is 0 Å². The Hall–Kier alpha value is -0.829. The van der Waals surface area contributed by atoms with Crippen molar-refractivity contribution in [2.24, 2.45) is 0 Å². The van der Waals surface area contributed by atoms with Crippen LogP contribution in [0.15, 0.2) is 60.7 Å². The Balaban J connectivity index is 0.000000528. The van der Waals surface area contributed by atoms with Crippen LogP contribution in [0.2, 0.25) is 13.1 Å². The molecule has 0 unspecified atom stereocenters. The van der Waals surface area contributed by atoms with Crippen LogP contribution in [0, 0.1) is 0 Å².